The van der Waals surface area contributed by atoms with Gasteiger partial charge in [0.05, 0.1) is 12.8 Å². The van der Waals surface area contributed by atoms with Crippen LogP contribution in [0.2, 0.25) is 5.02 Å². The average molecular weight is 349 g/mol. The quantitative estimate of drug-likeness (QED) is 0.713. The third-order valence-corrected chi connectivity index (χ3v) is 3.84. The Bertz CT molecular complexity index is 706. The van der Waals surface area contributed by atoms with Crippen molar-refractivity contribution in [2.24, 2.45) is 0 Å². The van der Waals surface area contributed by atoms with Crippen molar-refractivity contribution >= 4 is 23.2 Å². The number of nitrogens with one attached hydrogen (secondary N) is 2. The highest BCUT2D eigenvalue weighted by Crippen LogP contribution is 2.27. The van der Waals surface area contributed by atoms with Crippen molar-refractivity contribution in [2.75, 3.05) is 19.0 Å². The van der Waals surface area contributed by atoms with Gasteiger partial charge in [0.15, 0.2) is 0 Å². The van der Waals surface area contributed by atoms with E-state index in [2.05, 4.69) is 10.6 Å². The second-order valence-corrected chi connectivity index (χ2v) is 5.85. The Balaban J connectivity index is 1.84. The van der Waals surface area contributed by atoms with Crippen LogP contribution in [-0.4, -0.2) is 24.7 Å². The van der Waals surface area contributed by atoms with Crippen LogP contribution in [-0.2, 0) is 4.79 Å². The van der Waals surface area contributed by atoms with Crippen molar-refractivity contribution in [3.63, 3.8) is 0 Å². The molecule has 5 nitrogen and oxygen atoms in total. The van der Waals surface area contributed by atoms with Crippen LogP contribution in [0.4, 0.5) is 5.69 Å². The zero-order valence-corrected chi connectivity index (χ0v) is 14.4. The summed E-state index contributed by atoms with van der Waals surface area (Å²) >= 11 is 5.94. The molecular weight excluding hydrogens is 328 g/mol. The zero-order valence-electron chi connectivity index (χ0n) is 13.7. The fraction of sp³-hybridized carbons (Fsp3) is 0.278. The molecule has 1 amide bonds. The predicted octanol–water partition coefficient (Wildman–Crippen LogP) is 3.73. The molecule has 0 unspecified atom stereocenters. The van der Waals surface area contributed by atoms with Crippen molar-refractivity contribution in [1.82, 2.24) is 5.32 Å². The maximum atomic E-state index is 12.1. The number of halogens is 1. The van der Waals surface area contributed by atoms with Crippen LogP contribution in [0.1, 0.15) is 24.9 Å². The number of benzene rings is 2. The van der Waals surface area contributed by atoms with Crippen molar-refractivity contribution in [3.05, 3.63) is 53.1 Å². The molecule has 0 aliphatic heterocycles. The lowest BCUT2D eigenvalue weighted by Crippen LogP contribution is -2.24. The molecule has 24 heavy (non-hydrogen) atoms. The van der Waals surface area contributed by atoms with Gasteiger partial charge < -0.3 is 20.5 Å². The predicted molar refractivity (Wildman–Crippen MR) is 95.8 cm³/mol. The molecule has 0 radical (unpaired) electrons. The van der Waals surface area contributed by atoms with E-state index in [0.29, 0.717) is 29.4 Å². The highest BCUT2D eigenvalue weighted by Gasteiger charge is 2.10. The van der Waals surface area contributed by atoms with Gasteiger partial charge in [-0.05, 0) is 42.8 Å². The standard InChI is InChI=1S/C18H21ClN2O3/c1-12(13-4-3-5-15(22)10-13)20-9-8-18(23)21-16-11-14(19)6-7-17(16)24-2/h3-7,10-12,20,22H,8-9H2,1-2H3,(H,21,23)/t12-/m1/s1. The van der Waals surface area contributed by atoms with E-state index in [9.17, 15) is 9.90 Å². The lowest BCUT2D eigenvalue weighted by molar-refractivity contribution is -0.116. The van der Waals surface area contributed by atoms with Crippen LogP contribution < -0.4 is 15.4 Å². The van der Waals surface area contributed by atoms with Gasteiger partial charge in [0.25, 0.3) is 0 Å². The summed E-state index contributed by atoms with van der Waals surface area (Å²) in [6.45, 7) is 2.48. The lowest BCUT2D eigenvalue weighted by Gasteiger charge is -2.15. The second-order valence-electron chi connectivity index (χ2n) is 5.41. The minimum Gasteiger partial charge on any atom is -0.508 e. The first-order valence-electron chi connectivity index (χ1n) is 7.65. The van der Waals surface area contributed by atoms with Gasteiger partial charge in [-0.25, -0.2) is 0 Å². The number of carbonyl (C=O) groups excluding carboxylic acids is 1. The largest absolute Gasteiger partial charge is 0.508 e. The molecule has 0 aromatic heterocycles. The molecule has 0 spiro atoms. The number of hydrogen-bond acceptors (Lipinski definition) is 4. The minimum absolute atomic E-state index is 0.0330. The molecule has 1 atom stereocenters. The third-order valence-electron chi connectivity index (χ3n) is 3.61. The minimum atomic E-state index is -0.133. The summed E-state index contributed by atoms with van der Waals surface area (Å²) in [4.78, 5) is 12.1. The van der Waals surface area contributed by atoms with Gasteiger partial charge in [-0.3, -0.25) is 4.79 Å². The van der Waals surface area contributed by atoms with Crippen LogP contribution in [0.3, 0.4) is 0 Å². The number of carbonyl (C=O) groups is 1. The molecule has 2 aromatic rings. The number of ether oxygens (including phenoxy) is 1. The fourth-order valence-electron chi connectivity index (χ4n) is 2.30. The summed E-state index contributed by atoms with van der Waals surface area (Å²) in [5.74, 6) is 0.659. The van der Waals surface area contributed by atoms with Gasteiger partial charge in [0, 0.05) is 24.0 Å². The summed E-state index contributed by atoms with van der Waals surface area (Å²) in [5.41, 5.74) is 1.52. The number of rotatable bonds is 7. The molecular formula is C18H21ClN2O3. The van der Waals surface area contributed by atoms with Crippen molar-refractivity contribution in [2.45, 2.75) is 19.4 Å². The van der Waals surface area contributed by atoms with Gasteiger partial charge in [-0.15, -0.1) is 0 Å². The highest BCUT2D eigenvalue weighted by atomic mass is 35.5. The number of hydrogen-bond donors (Lipinski definition) is 3. The van der Waals surface area contributed by atoms with Crippen molar-refractivity contribution in [1.29, 1.82) is 0 Å². The smallest absolute Gasteiger partial charge is 0.225 e. The average Bonchev–Trinajstić information content (AvgIpc) is 2.55. The summed E-state index contributed by atoms with van der Waals surface area (Å²) in [7, 11) is 1.54. The fourth-order valence-corrected chi connectivity index (χ4v) is 2.48. The molecule has 0 aliphatic rings. The molecule has 0 fully saturated rings. The number of phenols is 1. The Hall–Kier alpha value is -2.24. The molecule has 0 aliphatic carbocycles. The molecule has 3 N–H and O–H groups in total. The van der Waals surface area contributed by atoms with Crippen molar-refractivity contribution in [3.8, 4) is 11.5 Å². The van der Waals surface area contributed by atoms with Crippen molar-refractivity contribution < 1.29 is 14.6 Å². The third kappa shape index (κ3) is 5.15. The number of anilines is 1. The summed E-state index contributed by atoms with van der Waals surface area (Å²) in [5, 5.41) is 16.1. The Morgan fingerprint density at radius 1 is 1.29 bits per heavy atom. The Labute approximate surface area is 146 Å². The molecule has 2 aromatic carbocycles. The van der Waals surface area contributed by atoms with E-state index < -0.39 is 0 Å². The first kappa shape index (κ1) is 18.1. The van der Waals surface area contributed by atoms with Crippen LogP contribution >= 0.6 is 11.6 Å². The molecule has 128 valence electrons. The summed E-state index contributed by atoms with van der Waals surface area (Å²) in [6, 6.07) is 12.1. The normalized spacial score (nSPS) is 11.8. The van der Waals surface area contributed by atoms with E-state index in [4.69, 9.17) is 16.3 Å². The lowest BCUT2D eigenvalue weighted by atomic mass is 10.1. The van der Waals surface area contributed by atoms with Crippen LogP contribution in [0.15, 0.2) is 42.5 Å². The zero-order chi connectivity index (χ0) is 17.5. The van der Waals surface area contributed by atoms with Gasteiger partial charge in [-0.1, -0.05) is 23.7 Å². The first-order chi connectivity index (χ1) is 11.5. The number of phenolic OH excluding ortho intramolecular Hbond substituents is 1. The Kier molecular flexibility index (Phi) is 6.46. The maximum absolute atomic E-state index is 12.1. The van der Waals surface area contributed by atoms with Gasteiger partial charge in [0.2, 0.25) is 5.91 Å². The van der Waals surface area contributed by atoms with Crippen LogP contribution in [0, 0.1) is 0 Å². The molecule has 2 rings (SSSR count). The molecule has 0 bridgehead atoms. The summed E-state index contributed by atoms with van der Waals surface area (Å²) < 4.78 is 5.20. The topological polar surface area (TPSA) is 70.6 Å². The number of methoxy groups -OCH3 is 1. The van der Waals surface area contributed by atoms with E-state index in [-0.39, 0.29) is 17.7 Å². The highest BCUT2D eigenvalue weighted by molar-refractivity contribution is 6.31. The van der Waals surface area contributed by atoms with Gasteiger partial charge >= 0.3 is 0 Å². The van der Waals surface area contributed by atoms with E-state index in [1.54, 1.807) is 36.4 Å². The molecule has 0 heterocycles. The first-order valence-corrected chi connectivity index (χ1v) is 8.03. The Morgan fingerprint density at radius 3 is 2.79 bits per heavy atom. The second kappa shape index (κ2) is 8.57. The van der Waals surface area contributed by atoms with Gasteiger partial charge in [0.1, 0.15) is 11.5 Å². The Morgan fingerprint density at radius 2 is 2.08 bits per heavy atom. The molecule has 0 saturated heterocycles. The number of aromatic hydroxyl groups is 1. The SMILES string of the molecule is COc1ccc(Cl)cc1NC(=O)CCN[C@H](C)c1cccc(O)c1. The van der Waals surface area contributed by atoms with E-state index in [1.165, 1.54) is 7.11 Å². The van der Waals surface area contributed by atoms with Gasteiger partial charge in [-0.2, -0.15) is 0 Å². The van der Waals surface area contributed by atoms with Crippen LogP contribution in [0.25, 0.3) is 0 Å². The monoisotopic (exact) mass is 348 g/mol. The van der Waals surface area contributed by atoms with E-state index >= 15 is 0 Å². The number of amides is 1. The molecule has 6 heteroatoms. The maximum Gasteiger partial charge on any atom is 0.225 e. The summed E-state index contributed by atoms with van der Waals surface area (Å²) in [6.07, 6.45) is 0.304. The van der Waals surface area contributed by atoms with E-state index in [1.807, 2.05) is 13.0 Å². The van der Waals surface area contributed by atoms with Crippen LogP contribution in [0.5, 0.6) is 11.5 Å². The molecule has 0 saturated carbocycles. The van der Waals surface area contributed by atoms with E-state index in [0.717, 1.165) is 5.56 Å².